The van der Waals surface area contributed by atoms with Gasteiger partial charge in [-0.15, -0.1) is 0 Å². The van der Waals surface area contributed by atoms with Gasteiger partial charge in [0.15, 0.2) is 0 Å². The number of hydrogen-bond donors (Lipinski definition) is 0. The quantitative estimate of drug-likeness (QED) is 0.407. The Morgan fingerprint density at radius 2 is 1.82 bits per heavy atom. The highest BCUT2D eigenvalue weighted by molar-refractivity contribution is 5.50. The Hall–Kier alpha value is -0.410. The first-order valence-corrected chi connectivity index (χ1v) is 9.14. The molecular formula is C19H36O3. The van der Waals surface area contributed by atoms with E-state index in [0.717, 1.165) is 32.2 Å². The molecule has 130 valence electrons. The molecule has 0 aromatic carbocycles. The van der Waals surface area contributed by atoms with Crippen LogP contribution in [0.15, 0.2) is 0 Å². The fourth-order valence-electron chi connectivity index (χ4n) is 3.85. The number of hydrogen-bond acceptors (Lipinski definition) is 3. The summed E-state index contributed by atoms with van der Waals surface area (Å²) < 4.78 is 11.9. The molecule has 0 aromatic rings. The maximum Gasteiger partial charge on any atom is 0.120 e. The van der Waals surface area contributed by atoms with Crippen LogP contribution < -0.4 is 0 Å². The third-order valence-corrected chi connectivity index (χ3v) is 5.16. The molecule has 1 rings (SSSR count). The molecule has 1 fully saturated rings. The summed E-state index contributed by atoms with van der Waals surface area (Å²) in [5.74, 6) is 0.200. The molecule has 1 aliphatic carbocycles. The zero-order valence-electron chi connectivity index (χ0n) is 15.1. The highest BCUT2D eigenvalue weighted by Crippen LogP contribution is 2.43. The minimum Gasteiger partial charge on any atom is -0.380 e. The molecule has 0 amide bonds. The zero-order chi connectivity index (χ0) is 16.4. The zero-order valence-corrected chi connectivity index (χ0v) is 15.1. The monoisotopic (exact) mass is 312 g/mol. The van der Waals surface area contributed by atoms with Crippen molar-refractivity contribution in [2.45, 2.75) is 90.8 Å². The highest BCUT2D eigenvalue weighted by Gasteiger charge is 2.44. The van der Waals surface area contributed by atoms with Crippen LogP contribution >= 0.6 is 0 Å². The Bertz CT molecular complexity index is 301. The van der Waals surface area contributed by atoms with Crippen LogP contribution in [0.1, 0.15) is 78.6 Å². The van der Waals surface area contributed by atoms with Crippen LogP contribution in [0, 0.1) is 11.3 Å². The molecular weight excluding hydrogens is 276 g/mol. The average molecular weight is 312 g/mol. The van der Waals surface area contributed by atoms with Crippen LogP contribution in [-0.4, -0.2) is 32.2 Å². The van der Waals surface area contributed by atoms with Crippen molar-refractivity contribution in [1.82, 2.24) is 0 Å². The van der Waals surface area contributed by atoms with E-state index in [4.69, 9.17) is 9.47 Å². The fourth-order valence-corrected chi connectivity index (χ4v) is 3.85. The smallest absolute Gasteiger partial charge is 0.120 e. The summed E-state index contributed by atoms with van der Waals surface area (Å²) >= 11 is 0. The average Bonchev–Trinajstić information content (AvgIpc) is 2.48. The van der Waals surface area contributed by atoms with Crippen molar-refractivity contribution in [2.24, 2.45) is 11.3 Å². The van der Waals surface area contributed by atoms with E-state index in [1.165, 1.54) is 32.1 Å². The van der Waals surface area contributed by atoms with Crippen LogP contribution in [-0.2, 0) is 14.3 Å². The first-order chi connectivity index (χ1) is 10.6. The molecule has 3 heteroatoms. The van der Waals surface area contributed by atoms with Crippen molar-refractivity contribution in [3.8, 4) is 0 Å². The van der Waals surface area contributed by atoms with Crippen molar-refractivity contribution in [3.63, 3.8) is 0 Å². The second-order valence-electron chi connectivity index (χ2n) is 7.43. The van der Waals surface area contributed by atoms with Crippen LogP contribution in [0.4, 0.5) is 0 Å². The fraction of sp³-hybridized carbons (Fsp3) is 0.947. The molecule has 1 saturated carbocycles. The molecule has 3 atom stereocenters. The van der Waals surface area contributed by atoms with Crippen molar-refractivity contribution < 1.29 is 14.3 Å². The molecule has 3 nitrogen and oxygen atoms in total. The van der Waals surface area contributed by atoms with Crippen molar-refractivity contribution in [1.29, 1.82) is 0 Å². The van der Waals surface area contributed by atoms with Gasteiger partial charge in [0.05, 0.1) is 12.2 Å². The predicted octanol–water partition coefficient (Wildman–Crippen LogP) is 4.77. The normalized spacial score (nSPS) is 27.7. The van der Waals surface area contributed by atoms with Gasteiger partial charge in [-0.25, -0.2) is 0 Å². The number of unbranched alkanes of at least 4 members (excludes halogenated alkanes) is 5. The summed E-state index contributed by atoms with van der Waals surface area (Å²) in [6.45, 7) is 7.54. The van der Waals surface area contributed by atoms with E-state index in [0.29, 0.717) is 6.42 Å². The minimum atomic E-state index is 0.112. The molecule has 0 aromatic heterocycles. The van der Waals surface area contributed by atoms with E-state index >= 15 is 0 Å². The molecule has 0 bridgehead atoms. The third kappa shape index (κ3) is 6.00. The SMILES string of the molecule is CCCCCCCCOC1CCC(C)(C)C(OC)C1CC=O. The van der Waals surface area contributed by atoms with Gasteiger partial charge in [0.2, 0.25) is 0 Å². The summed E-state index contributed by atoms with van der Waals surface area (Å²) in [6, 6.07) is 0. The Morgan fingerprint density at radius 3 is 2.45 bits per heavy atom. The molecule has 3 unspecified atom stereocenters. The molecule has 0 N–H and O–H groups in total. The summed E-state index contributed by atoms with van der Waals surface area (Å²) in [5.41, 5.74) is 0.127. The topological polar surface area (TPSA) is 35.5 Å². The number of ether oxygens (including phenoxy) is 2. The molecule has 0 aliphatic heterocycles. The van der Waals surface area contributed by atoms with E-state index in [9.17, 15) is 4.79 Å². The van der Waals surface area contributed by atoms with Gasteiger partial charge in [-0.3, -0.25) is 0 Å². The minimum absolute atomic E-state index is 0.112. The molecule has 0 heterocycles. The lowest BCUT2D eigenvalue weighted by Gasteiger charge is -2.46. The van der Waals surface area contributed by atoms with Crippen LogP contribution in [0.25, 0.3) is 0 Å². The van der Waals surface area contributed by atoms with Crippen LogP contribution in [0.5, 0.6) is 0 Å². The van der Waals surface area contributed by atoms with Crippen molar-refractivity contribution >= 4 is 6.29 Å². The third-order valence-electron chi connectivity index (χ3n) is 5.16. The van der Waals surface area contributed by atoms with Gasteiger partial charge >= 0.3 is 0 Å². The molecule has 0 spiro atoms. The molecule has 0 radical (unpaired) electrons. The first-order valence-electron chi connectivity index (χ1n) is 9.14. The Balaban J connectivity index is 2.39. The van der Waals surface area contributed by atoms with Gasteiger partial charge in [-0.1, -0.05) is 52.9 Å². The molecule has 22 heavy (non-hydrogen) atoms. The van der Waals surface area contributed by atoms with Gasteiger partial charge < -0.3 is 14.3 Å². The number of aldehydes is 1. The Labute approximate surface area is 137 Å². The molecule has 0 saturated heterocycles. The largest absolute Gasteiger partial charge is 0.380 e. The summed E-state index contributed by atoms with van der Waals surface area (Å²) in [6.07, 6.45) is 11.7. The van der Waals surface area contributed by atoms with E-state index in [2.05, 4.69) is 20.8 Å². The lowest BCUT2D eigenvalue weighted by atomic mass is 9.67. The van der Waals surface area contributed by atoms with Gasteiger partial charge in [0.1, 0.15) is 6.29 Å². The molecule has 1 aliphatic rings. The predicted molar refractivity (Wildman–Crippen MR) is 91.1 cm³/mol. The van der Waals surface area contributed by atoms with Gasteiger partial charge in [0.25, 0.3) is 0 Å². The lowest BCUT2D eigenvalue weighted by molar-refractivity contribution is -0.139. The number of carbonyl (C=O) groups is 1. The lowest BCUT2D eigenvalue weighted by Crippen LogP contribution is -2.49. The van der Waals surface area contributed by atoms with E-state index in [1.807, 2.05) is 0 Å². The van der Waals surface area contributed by atoms with Crippen LogP contribution in [0.2, 0.25) is 0 Å². The summed E-state index contributed by atoms with van der Waals surface area (Å²) in [5, 5.41) is 0. The van der Waals surface area contributed by atoms with E-state index in [1.54, 1.807) is 7.11 Å². The Morgan fingerprint density at radius 1 is 1.14 bits per heavy atom. The maximum atomic E-state index is 11.1. The number of methoxy groups -OCH3 is 1. The van der Waals surface area contributed by atoms with Crippen LogP contribution in [0.3, 0.4) is 0 Å². The summed E-state index contributed by atoms with van der Waals surface area (Å²) in [7, 11) is 1.76. The van der Waals surface area contributed by atoms with Crippen molar-refractivity contribution in [2.75, 3.05) is 13.7 Å². The maximum absolute atomic E-state index is 11.1. The highest BCUT2D eigenvalue weighted by atomic mass is 16.5. The van der Waals surface area contributed by atoms with Gasteiger partial charge in [0, 0.05) is 26.1 Å². The summed E-state index contributed by atoms with van der Waals surface area (Å²) in [4.78, 5) is 11.1. The van der Waals surface area contributed by atoms with E-state index in [-0.39, 0.29) is 23.5 Å². The first kappa shape index (κ1) is 19.6. The second-order valence-corrected chi connectivity index (χ2v) is 7.43. The van der Waals surface area contributed by atoms with Gasteiger partial charge in [-0.2, -0.15) is 0 Å². The standard InChI is InChI=1S/C19H36O3/c1-5-6-7-8-9-10-15-22-17-11-13-19(2,3)18(21-4)16(17)12-14-20/h14,16-18H,5-13,15H2,1-4H3. The number of carbonyl (C=O) groups excluding carboxylic acids is 1. The van der Waals surface area contributed by atoms with E-state index < -0.39 is 0 Å². The Kier molecular flexibility index (Phi) is 9.27. The second kappa shape index (κ2) is 10.4. The number of rotatable bonds is 11. The van der Waals surface area contributed by atoms with Gasteiger partial charge in [-0.05, 0) is 24.7 Å². The van der Waals surface area contributed by atoms with Crippen molar-refractivity contribution in [3.05, 3.63) is 0 Å².